The Kier molecular flexibility index (Phi) is 6.05. The molecule has 0 aliphatic rings. The van der Waals surface area contributed by atoms with Crippen molar-refractivity contribution in [3.05, 3.63) is 12.2 Å². The summed E-state index contributed by atoms with van der Waals surface area (Å²) in [6.45, 7) is 17.1. The fourth-order valence-corrected chi connectivity index (χ4v) is 1.80. The fraction of sp³-hybridized carbons (Fsp3) is 0.833. The van der Waals surface area contributed by atoms with Gasteiger partial charge in [0.15, 0.2) is 0 Å². The third-order valence-corrected chi connectivity index (χ3v) is 2.25. The Morgan fingerprint density at radius 1 is 1.43 bits per heavy atom. The largest absolute Gasteiger partial charge is 0.319 e. The van der Waals surface area contributed by atoms with Crippen molar-refractivity contribution in [3.63, 3.8) is 0 Å². The molecule has 2 heteroatoms. The molecule has 0 saturated carbocycles. The van der Waals surface area contributed by atoms with Gasteiger partial charge in [-0.25, -0.2) is 0 Å². The summed E-state index contributed by atoms with van der Waals surface area (Å²) in [5.41, 5.74) is 1.58. The Bertz CT molecular complexity index is 173. The molecule has 84 valence electrons. The quantitative estimate of drug-likeness (QED) is 0.630. The first-order valence-electron chi connectivity index (χ1n) is 5.42. The van der Waals surface area contributed by atoms with Crippen molar-refractivity contribution in [1.82, 2.24) is 10.2 Å². The first-order chi connectivity index (χ1) is 6.41. The number of hydrogen-bond donors (Lipinski definition) is 1. The molecule has 0 rings (SSSR count). The molecule has 0 aliphatic heterocycles. The highest BCUT2D eigenvalue weighted by molar-refractivity contribution is 4.92. The molecule has 0 saturated heterocycles. The maximum absolute atomic E-state index is 3.96. The minimum atomic E-state index is 0.334. The van der Waals surface area contributed by atoms with Crippen LogP contribution < -0.4 is 5.32 Å². The van der Waals surface area contributed by atoms with Crippen LogP contribution in [0.1, 0.15) is 27.7 Å². The molecule has 14 heavy (non-hydrogen) atoms. The van der Waals surface area contributed by atoms with E-state index in [9.17, 15) is 0 Å². The topological polar surface area (TPSA) is 15.3 Å². The minimum Gasteiger partial charge on any atom is -0.319 e. The van der Waals surface area contributed by atoms with Gasteiger partial charge in [0.05, 0.1) is 0 Å². The summed E-state index contributed by atoms with van der Waals surface area (Å²) >= 11 is 0. The zero-order chi connectivity index (χ0) is 11.2. The lowest BCUT2D eigenvalue weighted by atomic mass is 9.92. The second kappa shape index (κ2) is 6.20. The molecule has 0 radical (unpaired) electrons. The van der Waals surface area contributed by atoms with Gasteiger partial charge < -0.3 is 5.32 Å². The van der Waals surface area contributed by atoms with E-state index < -0.39 is 0 Å². The normalized spacial score (nSPS) is 12.1. The van der Waals surface area contributed by atoms with Gasteiger partial charge in [-0.1, -0.05) is 32.9 Å². The van der Waals surface area contributed by atoms with Gasteiger partial charge in [-0.05, 0) is 25.9 Å². The van der Waals surface area contributed by atoms with E-state index in [1.54, 1.807) is 0 Å². The summed E-state index contributed by atoms with van der Waals surface area (Å²) < 4.78 is 0. The highest BCUT2D eigenvalue weighted by Crippen LogP contribution is 2.16. The average molecular weight is 198 g/mol. The smallest absolute Gasteiger partial charge is 0.0187 e. The van der Waals surface area contributed by atoms with Crippen LogP contribution in [0.4, 0.5) is 0 Å². The summed E-state index contributed by atoms with van der Waals surface area (Å²) in [7, 11) is 2.01. The molecule has 0 heterocycles. The van der Waals surface area contributed by atoms with E-state index in [2.05, 4.69) is 44.5 Å². The van der Waals surface area contributed by atoms with Gasteiger partial charge in [0.25, 0.3) is 0 Å². The predicted molar refractivity (Wildman–Crippen MR) is 64.6 cm³/mol. The molecule has 0 unspecified atom stereocenters. The van der Waals surface area contributed by atoms with Crippen molar-refractivity contribution >= 4 is 0 Å². The van der Waals surface area contributed by atoms with Crippen LogP contribution in [-0.4, -0.2) is 38.1 Å². The zero-order valence-corrected chi connectivity index (χ0v) is 10.5. The molecule has 0 aromatic rings. The van der Waals surface area contributed by atoms with Crippen LogP contribution in [0.25, 0.3) is 0 Å². The Balaban J connectivity index is 4.08. The van der Waals surface area contributed by atoms with Crippen molar-refractivity contribution in [1.29, 1.82) is 0 Å². The SMILES string of the molecule is C=C(C)CN(CC)CC(C)(C)CNC. The highest BCUT2D eigenvalue weighted by Gasteiger charge is 2.19. The molecular formula is C12H26N2. The van der Waals surface area contributed by atoms with E-state index in [1.807, 2.05) is 7.05 Å². The molecule has 1 N–H and O–H groups in total. The lowest BCUT2D eigenvalue weighted by Crippen LogP contribution is -2.40. The predicted octanol–water partition coefficient (Wildman–Crippen LogP) is 2.13. The Labute approximate surface area is 89.4 Å². The van der Waals surface area contributed by atoms with E-state index in [-0.39, 0.29) is 0 Å². The molecule has 0 aliphatic carbocycles. The first kappa shape index (κ1) is 13.7. The maximum Gasteiger partial charge on any atom is 0.0187 e. The van der Waals surface area contributed by atoms with Gasteiger partial charge >= 0.3 is 0 Å². The van der Waals surface area contributed by atoms with Crippen LogP contribution in [0.2, 0.25) is 0 Å². The molecular weight excluding hydrogens is 172 g/mol. The van der Waals surface area contributed by atoms with E-state index in [0.29, 0.717) is 5.41 Å². The summed E-state index contributed by atoms with van der Waals surface area (Å²) in [6, 6.07) is 0. The first-order valence-corrected chi connectivity index (χ1v) is 5.42. The van der Waals surface area contributed by atoms with E-state index in [1.165, 1.54) is 5.57 Å². The number of rotatable bonds is 7. The monoisotopic (exact) mass is 198 g/mol. The molecule has 0 amide bonds. The summed E-state index contributed by atoms with van der Waals surface area (Å²) in [4.78, 5) is 2.44. The zero-order valence-electron chi connectivity index (χ0n) is 10.5. The van der Waals surface area contributed by atoms with Crippen molar-refractivity contribution in [3.8, 4) is 0 Å². The van der Waals surface area contributed by atoms with Gasteiger partial charge in [-0.2, -0.15) is 0 Å². The van der Waals surface area contributed by atoms with Crippen LogP contribution in [0.15, 0.2) is 12.2 Å². The third-order valence-electron chi connectivity index (χ3n) is 2.25. The average Bonchev–Trinajstić information content (AvgIpc) is 2.01. The second-order valence-electron chi connectivity index (χ2n) is 4.95. The van der Waals surface area contributed by atoms with Gasteiger partial charge in [-0.3, -0.25) is 4.90 Å². The third kappa shape index (κ3) is 6.17. The van der Waals surface area contributed by atoms with Crippen molar-refractivity contribution in [2.24, 2.45) is 5.41 Å². The standard InChI is InChI=1S/C12H26N2/c1-7-14(8-11(2)3)10-12(4,5)9-13-6/h13H,2,7-10H2,1,3-6H3. The van der Waals surface area contributed by atoms with Gasteiger partial charge in [-0.15, -0.1) is 0 Å². The lowest BCUT2D eigenvalue weighted by Gasteiger charge is -2.32. The molecule has 0 bridgehead atoms. The van der Waals surface area contributed by atoms with Crippen LogP contribution >= 0.6 is 0 Å². The van der Waals surface area contributed by atoms with Gasteiger partial charge in [0.1, 0.15) is 0 Å². The Morgan fingerprint density at radius 3 is 2.36 bits per heavy atom. The van der Waals surface area contributed by atoms with Crippen LogP contribution in [0.3, 0.4) is 0 Å². The van der Waals surface area contributed by atoms with Crippen LogP contribution in [0.5, 0.6) is 0 Å². The van der Waals surface area contributed by atoms with Crippen LogP contribution in [-0.2, 0) is 0 Å². The highest BCUT2D eigenvalue weighted by atomic mass is 15.1. The van der Waals surface area contributed by atoms with Crippen LogP contribution in [0, 0.1) is 5.41 Å². The minimum absolute atomic E-state index is 0.334. The maximum atomic E-state index is 3.96. The Morgan fingerprint density at radius 2 is 2.00 bits per heavy atom. The molecule has 0 spiro atoms. The van der Waals surface area contributed by atoms with Crippen molar-refractivity contribution in [2.45, 2.75) is 27.7 Å². The number of hydrogen-bond acceptors (Lipinski definition) is 2. The van der Waals surface area contributed by atoms with Crippen molar-refractivity contribution in [2.75, 3.05) is 33.2 Å². The summed E-state index contributed by atoms with van der Waals surface area (Å²) in [6.07, 6.45) is 0. The summed E-state index contributed by atoms with van der Waals surface area (Å²) in [5.74, 6) is 0. The van der Waals surface area contributed by atoms with Gasteiger partial charge in [0, 0.05) is 19.6 Å². The molecule has 0 atom stereocenters. The molecule has 0 aromatic carbocycles. The number of nitrogens with zero attached hydrogens (tertiary/aromatic N) is 1. The molecule has 0 fully saturated rings. The van der Waals surface area contributed by atoms with Crippen molar-refractivity contribution < 1.29 is 0 Å². The number of likely N-dealkylation sites (N-methyl/N-ethyl adjacent to an activating group) is 1. The lowest BCUT2D eigenvalue weighted by molar-refractivity contribution is 0.195. The Hall–Kier alpha value is -0.340. The van der Waals surface area contributed by atoms with E-state index >= 15 is 0 Å². The number of nitrogens with one attached hydrogen (secondary N) is 1. The van der Waals surface area contributed by atoms with E-state index in [0.717, 1.165) is 26.2 Å². The molecule has 0 aromatic heterocycles. The summed E-state index contributed by atoms with van der Waals surface area (Å²) in [5, 5.41) is 3.24. The fourth-order valence-electron chi connectivity index (χ4n) is 1.80. The molecule has 2 nitrogen and oxygen atoms in total. The second-order valence-corrected chi connectivity index (χ2v) is 4.95. The van der Waals surface area contributed by atoms with E-state index in [4.69, 9.17) is 0 Å². The van der Waals surface area contributed by atoms with Gasteiger partial charge in [0.2, 0.25) is 0 Å².